The number of aliphatic carboxylic acids is 2. The number of nitriles is 1. The molecule has 2 bridgehead atoms. The molecule has 11 heteroatoms. The molecule has 0 aromatic rings. The largest absolute Gasteiger partial charge is 0.473 e. The first-order valence-corrected chi connectivity index (χ1v) is 10.3. The van der Waals surface area contributed by atoms with Crippen molar-refractivity contribution in [2.45, 2.75) is 69.6 Å². The van der Waals surface area contributed by atoms with Crippen molar-refractivity contribution in [3.63, 3.8) is 0 Å². The summed E-state index contributed by atoms with van der Waals surface area (Å²) in [4.78, 5) is 44.2. The Morgan fingerprint density at radius 2 is 1.68 bits per heavy atom. The number of carbonyl (C=O) groups excluding carboxylic acids is 2. The summed E-state index contributed by atoms with van der Waals surface area (Å²) in [5.41, 5.74) is -0.466. The van der Waals surface area contributed by atoms with Crippen LogP contribution < -0.4 is 5.32 Å². The molecule has 4 fully saturated rings. The average Bonchev–Trinajstić information content (AvgIpc) is 3.15. The zero-order valence-corrected chi connectivity index (χ0v) is 17.4. The fraction of sp³-hybridized carbons (Fsp3) is 0.750. The number of alkyl halides is 1. The topological polar surface area (TPSA) is 157 Å². The van der Waals surface area contributed by atoms with Gasteiger partial charge in [-0.15, -0.1) is 0 Å². The second kappa shape index (κ2) is 10.0. The van der Waals surface area contributed by atoms with Crippen LogP contribution in [0.15, 0.2) is 0 Å². The van der Waals surface area contributed by atoms with Gasteiger partial charge < -0.3 is 25.2 Å². The van der Waals surface area contributed by atoms with Gasteiger partial charge in [0.2, 0.25) is 5.91 Å². The van der Waals surface area contributed by atoms with Crippen LogP contribution in [-0.4, -0.2) is 76.4 Å². The molecule has 0 spiro atoms. The maximum atomic E-state index is 13.5. The number of ether oxygens (including phenoxy) is 1. The van der Waals surface area contributed by atoms with Gasteiger partial charge >= 0.3 is 17.9 Å². The SMILES string of the molecule is CCOC(=O)C12CCC(NCC(=O)N3C[C@@H](F)C[C@H]3C#N)(CC1)CC2.O=C(O)C(=O)O. The van der Waals surface area contributed by atoms with Crippen LogP contribution in [0, 0.1) is 16.7 Å². The van der Waals surface area contributed by atoms with E-state index < -0.39 is 24.2 Å². The first-order chi connectivity index (χ1) is 14.6. The van der Waals surface area contributed by atoms with Gasteiger partial charge in [-0.3, -0.25) is 9.59 Å². The maximum Gasteiger partial charge on any atom is 0.414 e. The van der Waals surface area contributed by atoms with Crippen LogP contribution in [0.2, 0.25) is 0 Å². The highest BCUT2D eigenvalue weighted by Crippen LogP contribution is 2.52. The summed E-state index contributed by atoms with van der Waals surface area (Å²) >= 11 is 0. The monoisotopic (exact) mass is 441 g/mol. The first-order valence-electron chi connectivity index (χ1n) is 10.3. The van der Waals surface area contributed by atoms with Crippen molar-refractivity contribution in [2.24, 2.45) is 5.41 Å². The summed E-state index contributed by atoms with van der Waals surface area (Å²) in [6.07, 6.45) is 3.86. The Kier molecular flexibility index (Phi) is 7.95. The minimum absolute atomic E-state index is 0.0116. The fourth-order valence-electron chi connectivity index (χ4n) is 4.59. The Morgan fingerprint density at radius 1 is 1.13 bits per heavy atom. The molecule has 0 unspecified atom stereocenters. The maximum absolute atomic E-state index is 13.5. The predicted octanol–water partition coefficient (Wildman–Crippen LogP) is 0.850. The lowest BCUT2D eigenvalue weighted by Gasteiger charge is -2.52. The van der Waals surface area contributed by atoms with E-state index in [0.29, 0.717) is 6.61 Å². The van der Waals surface area contributed by atoms with Gasteiger partial charge in [0, 0.05) is 12.0 Å². The zero-order chi connectivity index (χ0) is 23.2. The summed E-state index contributed by atoms with van der Waals surface area (Å²) in [5, 5.41) is 27.2. The lowest BCUT2D eigenvalue weighted by atomic mass is 9.57. The summed E-state index contributed by atoms with van der Waals surface area (Å²) in [7, 11) is 0. The van der Waals surface area contributed by atoms with Gasteiger partial charge in [0.05, 0.1) is 31.2 Å². The van der Waals surface area contributed by atoms with Crippen LogP contribution in [0.4, 0.5) is 4.39 Å². The van der Waals surface area contributed by atoms with E-state index in [1.165, 1.54) is 4.90 Å². The number of likely N-dealkylation sites (tertiary alicyclic amines) is 1. The van der Waals surface area contributed by atoms with Gasteiger partial charge in [-0.25, -0.2) is 14.0 Å². The lowest BCUT2D eigenvalue weighted by Crippen LogP contribution is -2.58. The van der Waals surface area contributed by atoms with E-state index in [2.05, 4.69) is 5.32 Å². The van der Waals surface area contributed by atoms with Crippen molar-refractivity contribution < 1.29 is 38.5 Å². The molecule has 4 rings (SSSR count). The molecule has 0 aromatic heterocycles. The van der Waals surface area contributed by atoms with Gasteiger partial charge in [0.1, 0.15) is 12.2 Å². The zero-order valence-electron chi connectivity index (χ0n) is 17.4. The number of hydrogen-bond donors (Lipinski definition) is 3. The molecule has 2 atom stereocenters. The third-order valence-electron chi connectivity index (χ3n) is 6.47. The van der Waals surface area contributed by atoms with E-state index in [9.17, 15) is 14.0 Å². The fourth-order valence-corrected chi connectivity index (χ4v) is 4.59. The minimum atomic E-state index is -1.82. The molecule has 172 valence electrons. The highest BCUT2D eigenvalue weighted by molar-refractivity contribution is 6.27. The van der Waals surface area contributed by atoms with Crippen LogP contribution >= 0.6 is 0 Å². The Hall–Kier alpha value is -2.74. The van der Waals surface area contributed by atoms with Crippen molar-refractivity contribution in [3.05, 3.63) is 0 Å². The Balaban J connectivity index is 0.000000501. The number of hydrogen-bond acceptors (Lipinski definition) is 7. The molecule has 31 heavy (non-hydrogen) atoms. The number of esters is 1. The molecule has 0 aromatic carbocycles. The molecule has 1 aliphatic heterocycles. The van der Waals surface area contributed by atoms with Crippen molar-refractivity contribution >= 4 is 23.8 Å². The number of carbonyl (C=O) groups is 4. The van der Waals surface area contributed by atoms with E-state index in [1.807, 2.05) is 13.0 Å². The standard InChI is InChI=1S/C18H26FN3O3.C2H2O4/c1-2-25-16(24)17-3-6-18(7-4-17,8-5-17)21-11-15(23)22-12-13(19)9-14(22)10-20;3-1(4)2(5)6/h13-14,21H,2-9,11-12H2,1H3;(H,3,4)(H,5,6)/t13-,14-,17?,18?;/m0./s1. The molecule has 3 aliphatic carbocycles. The van der Waals surface area contributed by atoms with Gasteiger partial charge in [0.25, 0.3) is 0 Å². The van der Waals surface area contributed by atoms with Crippen molar-refractivity contribution in [1.29, 1.82) is 5.26 Å². The van der Waals surface area contributed by atoms with Crippen molar-refractivity contribution in [2.75, 3.05) is 19.7 Å². The predicted molar refractivity (Wildman–Crippen MR) is 103 cm³/mol. The minimum Gasteiger partial charge on any atom is -0.473 e. The third-order valence-corrected chi connectivity index (χ3v) is 6.47. The Bertz CT molecular complexity index is 730. The van der Waals surface area contributed by atoms with Crippen LogP contribution in [0.1, 0.15) is 51.9 Å². The second-order valence-corrected chi connectivity index (χ2v) is 8.27. The molecule has 3 saturated carbocycles. The van der Waals surface area contributed by atoms with Crippen molar-refractivity contribution in [1.82, 2.24) is 10.2 Å². The van der Waals surface area contributed by atoms with Gasteiger partial charge in [0.15, 0.2) is 0 Å². The number of amides is 1. The molecule has 4 aliphatic rings. The summed E-state index contributed by atoms with van der Waals surface area (Å²) in [6, 6.07) is 1.35. The van der Waals surface area contributed by atoms with Crippen LogP contribution in [0.5, 0.6) is 0 Å². The van der Waals surface area contributed by atoms with Gasteiger partial charge in [-0.05, 0) is 45.4 Å². The van der Waals surface area contributed by atoms with Crippen LogP contribution in [0.25, 0.3) is 0 Å². The second-order valence-electron chi connectivity index (χ2n) is 8.27. The van der Waals surface area contributed by atoms with E-state index in [-0.39, 0.29) is 42.3 Å². The Morgan fingerprint density at radius 3 is 2.13 bits per heavy atom. The smallest absolute Gasteiger partial charge is 0.414 e. The first kappa shape index (κ1) is 24.5. The number of carboxylic acids is 2. The van der Waals surface area contributed by atoms with Crippen LogP contribution in [-0.2, 0) is 23.9 Å². The van der Waals surface area contributed by atoms with E-state index in [4.69, 9.17) is 29.8 Å². The number of carboxylic acid groups (broad SMARTS) is 2. The Labute approximate surface area is 179 Å². The third kappa shape index (κ3) is 5.70. The molecule has 1 amide bonds. The molecule has 0 radical (unpaired) electrons. The van der Waals surface area contributed by atoms with Crippen molar-refractivity contribution in [3.8, 4) is 6.07 Å². The van der Waals surface area contributed by atoms with E-state index >= 15 is 0 Å². The summed E-state index contributed by atoms with van der Waals surface area (Å²) < 4.78 is 18.7. The molecular formula is C20H28FN3O7. The van der Waals surface area contributed by atoms with Gasteiger partial charge in [-0.1, -0.05) is 0 Å². The number of rotatable bonds is 5. The number of halogens is 1. The number of nitrogens with one attached hydrogen (secondary N) is 1. The average molecular weight is 441 g/mol. The summed E-state index contributed by atoms with van der Waals surface area (Å²) in [6.45, 7) is 2.37. The van der Waals surface area contributed by atoms with Crippen LogP contribution in [0.3, 0.4) is 0 Å². The normalized spacial score (nSPS) is 31.2. The molecule has 3 N–H and O–H groups in total. The number of nitrogens with zero attached hydrogens (tertiary/aromatic N) is 2. The van der Waals surface area contributed by atoms with E-state index in [1.54, 1.807) is 0 Å². The lowest BCUT2D eigenvalue weighted by molar-refractivity contribution is -0.163. The highest BCUT2D eigenvalue weighted by Gasteiger charge is 2.53. The highest BCUT2D eigenvalue weighted by atomic mass is 19.1. The number of fused-ring (bicyclic) bond motifs is 3. The molecule has 1 saturated heterocycles. The molecule has 1 heterocycles. The van der Waals surface area contributed by atoms with Gasteiger partial charge in [-0.2, -0.15) is 5.26 Å². The molecule has 10 nitrogen and oxygen atoms in total. The molecular weight excluding hydrogens is 413 g/mol. The van der Waals surface area contributed by atoms with E-state index in [0.717, 1.165) is 38.5 Å². The summed E-state index contributed by atoms with van der Waals surface area (Å²) in [5.74, 6) is -3.94. The quantitative estimate of drug-likeness (QED) is 0.415.